The third-order valence-corrected chi connectivity index (χ3v) is 8.77. The van der Waals surface area contributed by atoms with E-state index in [2.05, 4.69) is 10.6 Å². The van der Waals surface area contributed by atoms with Crippen LogP contribution in [0, 0.1) is 11.8 Å². The number of carbonyl (C=O) groups is 6. The first-order chi connectivity index (χ1) is 23.5. The van der Waals surface area contributed by atoms with Crippen LogP contribution in [0.4, 0.5) is 4.79 Å². The molecule has 0 bridgehead atoms. The zero-order valence-corrected chi connectivity index (χ0v) is 28.8. The first kappa shape index (κ1) is 37.2. The fourth-order valence-corrected chi connectivity index (χ4v) is 6.12. The van der Waals surface area contributed by atoms with Gasteiger partial charge in [-0.05, 0) is 61.6 Å². The van der Waals surface area contributed by atoms with Crippen LogP contribution >= 0.6 is 0 Å². The minimum Gasteiger partial charge on any atom is -0.459 e. The molecule has 3 unspecified atom stereocenters. The first-order valence-corrected chi connectivity index (χ1v) is 17.1. The number of benzene rings is 2. The number of nitrogens with zero attached hydrogens (tertiary/aromatic N) is 2. The van der Waals surface area contributed by atoms with E-state index in [1.54, 1.807) is 26.0 Å². The number of amides is 4. The molecule has 2 heterocycles. The van der Waals surface area contributed by atoms with E-state index in [1.165, 1.54) is 4.90 Å². The second kappa shape index (κ2) is 17.7. The van der Waals surface area contributed by atoms with Gasteiger partial charge in [-0.1, -0.05) is 88.4 Å². The van der Waals surface area contributed by atoms with Gasteiger partial charge in [0, 0.05) is 6.54 Å². The number of carbonyl (C=O) groups excluding carboxylic acids is 6. The highest BCUT2D eigenvalue weighted by Crippen LogP contribution is 2.25. The Balaban J connectivity index is 1.60. The predicted octanol–water partition coefficient (Wildman–Crippen LogP) is 3.76. The predicted molar refractivity (Wildman–Crippen MR) is 180 cm³/mol. The SMILES string of the molecule is CC(C)C[C@H](C(=O)NC(C(=O)OCc1ccccc1)C(C)C)N(C(=O)C(=O)C1CCCN1)C(=O)C1CCCN1C(=O)OCc1ccccc1. The van der Waals surface area contributed by atoms with E-state index < -0.39 is 65.7 Å². The van der Waals surface area contributed by atoms with E-state index in [9.17, 15) is 28.8 Å². The van der Waals surface area contributed by atoms with E-state index in [4.69, 9.17) is 9.47 Å². The van der Waals surface area contributed by atoms with Gasteiger partial charge in [-0.15, -0.1) is 0 Å². The molecular weight excluding hydrogens is 628 g/mol. The summed E-state index contributed by atoms with van der Waals surface area (Å²) in [6.07, 6.45) is 1.05. The smallest absolute Gasteiger partial charge is 0.410 e. The Kier molecular flexibility index (Phi) is 13.5. The van der Waals surface area contributed by atoms with Gasteiger partial charge >= 0.3 is 12.1 Å². The van der Waals surface area contributed by atoms with E-state index in [0.29, 0.717) is 25.8 Å². The minimum absolute atomic E-state index is 0.00192. The fraction of sp³-hybridized carbons (Fsp3) is 0.514. The van der Waals surface area contributed by atoms with Crippen LogP contribution in [0.25, 0.3) is 0 Å². The second-order valence-corrected chi connectivity index (χ2v) is 13.4. The summed E-state index contributed by atoms with van der Waals surface area (Å²) in [7, 11) is 0. The molecule has 12 nitrogen and oxygen atoms in total. The molecule has 49 heavy (non-hydrogen) atoms. The number of imide groups is 1. The van der Waals surface area contributed by atoms with Crippen molar-refractivity contribution in [1.29, 1.82) is 0 Å². The summed E-state index contributed by atoms with van der Waals surface area (Å²) in [6.45, 7) is 7.86. The van der Waals surface area contributed by atoms with E-state index >= 15 is 0 Å². The van der Waals surface area contributed by atoms with Gasteiger partial charge in [0.25, 0.3) is 11.8 Å². The van der Waals surface area contributed by atoms with Crippen LogP contribution in [-0.2, 0) is 46.7 Å². The van der Waals surface area contributed by atoms with Crippen molar-refractivity contribution in [3.8, 4) is 0 Å². The number of ether oxygens (including phenoxy) is 2. The quantitative estimate of drug-likeness (QED) is 0.225. The minimum atomic E-state index is -1.43. The molecule has 2 aliphatic heterocycles. The Hall–Kier alpha value is -4.58. The summed E-state index contributed by atoms with van der Waals surface area (Å²) < 4.78 is 11.0. The van der Waals surface area contributed by atoms with E-state index in [-0.39, 0.29) is 38.5 Å². The highest BCUT2D eigenvalue weighted by atomic mass is 16.6. The Bertz CT molecular complexity index is 1460. The molecular formula is C37H48N4O8. The lowest BCUT2D eigenvalue weighted by atomic mass is 9.97. The number of esters is 1. The van der Waals surface area contributed by atoms with Gasteiger partial charge < -0.3 is 20.1 Å². The molecule has 2 N–H and O–H groups in total. The summed E-state index contributed by atoms with van der Waals surface area (Å²) >= 11 is 0. The summed E-state index contributed by atoms with van der Waals surface area (Å²) in [6, 6.07) is 13.7. The van der Waals surface area contributed by atoms with Crippen LogP contribution in [0.2, 0.25) is 0 Å². The van der Waals surface area contributed by atoms with Crippen LogP contribution in [0.5, 0.6) is 0 Å². The molecule has 2 aliphatic rings. The summed E-state index contributed by atoms with van der Waals surface area (Å²) in [5.41, 5.74) is 1.53. The first-order valence-electron chi connectivity index (χ1n) is 17.1. The normalized spacial score (nSPS) is 18.5. The Morgan fingerprint density at radius 1 is 0.857 bits per heavy atom. The van der Waals surface area contributed by atoms with Gasteiger partial charge in [-0.2, -0.15) is 0 Å². The molecule has 12 heteroatoms. The maximum atomic E-state index is 14.4. The summed E-state index contributed by atoms with van der Waals surface area (Å²) in [4.78, 5) is 84.7. The van der Waals surface area contributed by atoms with E-state index in [0.717, 1.165) is 16.0 Å². The van der Waals surface area contributed by atoms with Gasteiger partial charge in [0.1, 0.15) is 31.3 Å². The average molecular weight is 677 g/mol. The second-order valence-electron chi connectivity index (χ2n) is 13.4. The van der Waals surface area contributed by atoms with Crippen LogP contribution in [0.3, 0.4) is 0 Å². The van der Waals surface area contributed by atoms with Crippen molar-refractivity contribution in [2.45, 2.75) is 97.2 Å². The lowest BCUT2D eigenvalue weighted by molar-refractivity contribution is -0.160. The van der Waals surface area contributed by atoms with Crippen LogP contribution < -0.4 is 10.6 Å². The Morgan fingerprint density at radius 3 is 2.02 bits per heavy atom. The van der Waals surface area contributed by atoms with Gasteiger partial charge in [0.2, 0.25) is 11.7 Å². The van der Waals surface area contributed by atoms with Crippen molar-refractivity contribution in [2.75, 3.05) is 13.1 Å². The Labute approximate surface area is 287 Å². The maximum absolute atomic E-state index is 14.4. The number of hydrogen-bond donors (Lipinski definition) is 2. The third-order valence-electron chi connectivity index (χ3n) is 8.77. The van der Waals surface area contributed by atoms with Crippen molar-refractivity contribution in [3.63, 3.8) is 0 Å². The topological polar surface area (TPSA) is 151 Å². The number of Topliss-reactive ketones (excluding diaryl/α,β-unsaturated/α-hetero) is 1. The molecule has 0 aromatic heterocycles. The van der Waals surface area contributed by atoms with Gasteiger partial charge in [-0.25, -0.2) is 9.59 Å². The molecule has 4 atom stereocenters. The standard InChI is InChI=1S/C37H48N4O8/c1-24(2)21-30(33(43)39-31(25(3)4)36(46)48-22-26-13-7-5-8-14-26)41(35(45)32(42)28-17-11-19-38-28)34(44)29-18-12-20-40(29)37(47)49-23-27-15-9-6-10-16-27/h5-10,13-16,24-25,28-31,38H,11-12,17-23H2,1-4H3,(H,39,43)/t28?,29?,30-,31?/m1/s1. The third kappa shape index (κ3) is 9.97. The summed E-state index contributed by atoms with van der Waals surface area (Å²) in [5, 5.41) is 5.73. The molecule has 4 rings (SSSR count). The van der Waals surface area contributed by atoms with Crippen LogP contribution in [-0.4, -0.2) is 82.6 Å². The molecule has 264 valence electrons. The molecule has 0 aliphatic carbocycles. The van der Waals surface area contributed by atoms with Gasteiger partial charge in [-0.3, -0.25) is 29.0 Å². The highest BCUT2D eigenvalue weighted by Gasteiger charge is 2.47. The molecule has 2 saturated heterocycles. The van der Waals surface area contributed by atoms with Crippen LogP contribution in [0.1, 0.15) is 70.9 Å². The zero-order valence-electron chi connectivity index (χ0n) is 28.8. The van der Waals surface area contributed by atoms with Crippen molar-refractivity contribution >= 4 is 35.6 Å². The number of hydrogen-bond acceptors (Lipinski definition) is 9. The van der Waals surface area contributed by atoms with Crippen molar-refractivity contribution in [3.05, 3.63) is 71.8 Å². The molecule has 0 saturated carbocycles. The Morgan fingerprint density at radius 2 is 1.47 bits per heavy atom. The van der Waals surface area contributed by atoms with Crippen molar-refractivity contribution < 1.29 is 38.2 Å². The largest absolute Gasteiger partial charge is 0.459 e. The fourth-order valence-electron chi connectivity index (χ4n) is 6.12. The zero-order chi connectivity index (χ0) is 35.5. The maximum Gasteiger partial charge on any atom is 0.410 e. The highest BCUT2D eigenvalue weighted by molar-refractivity contribution is 6.41. The lowest BCUT2D eigenvalue weighted by Gasteiger charge is -2.35. The van der Waals surface area contributed by atoms with Crippen molar-refractivity contribution in [1.82, 2.24) is 20.4 Å². The molecule has 2 aromatic carbocycles. The van der Waals surface area contributed by atoms with Gasteiger partial charge in [0.05, 0.1) is 6.04 Å². The van der Waals surface area contributed by atoms with Crippen LogP contribution in [0.15, 0.2) is 60.7 Å². The number of ketones is 1. The summed E-state index contributed by atoms with van der Waals surface area (Å²) in [5.74, 6) is -4.83. The molecule has 2 fully saturated rings. The molecule has 0 spiro atoms. The monoisotopic (exact) mass is 676 g/mol. The molecule has 0 radical (unpaired) electrons. The van der Waals surface area contributed by atoms with Gasteiger partial charge in [0.15, 0.2) is 0 Å². The number of rotatable bonds is 14. The lowest BCUT2D eigenvalue weighted by Crippen LogP contribution is -2.62. The average Bonchev–Trinajstić information content (AvgIpc) is 3.82. The van der Waals surface area contributed by atoms with Crippen molar-refractivity contribution in [2.24, 2.45) is 11.8 Å². The molecule has 4 amide bonds. The van der Waals surface area contributed by atoms with E-state index in [1.807, 2.05) is 62.4 Å². The number of likely N-dealkylation sites (tertiary alicyclic amines) is 1. The number of nitrogens with one attached hydrogen (secondary N) is 2. The molecule has 2 aromatic rings.